The van der Waals surface area contributed by atoms with Gasteiger partial charge in [0.2, 0.25) is 5.91 Å². The lowest BCUT2D eigenvalue weighted by molar-refractivity contribution is -0.132. The van der Waals surface area contributed by atoms with Crippen molar-refractivity contribution in [3.8, 4) is 0 Å². The molecule has 0 aromatic heterocycles. The van der Waals surface area contributed by atoms with Crippen LogP contribution < -0.4 is 0 Å². The summed E-state index contributed by atoms with van der Waals surface area (Å²) < 4.78 is 0. The first-order valence-electron chi connectivity index (χ1n) is 5.71. The van der Waals surface area contributed by atoms with Gasteiger partial charge in [0, 0.05) is 20.0 Å². The van der Waals surface area contributed by atoms with E-state index >= 15 is 0 Å². The van der Waals surface area contributed by atoms with Crippen molar-refractivity contribution in [2.24, 2.45) is 5.92 Å². The van der Waals surface area contributed by atoms with Gasteiger partial charge in [0.15, 0.2) is 0 Å². The Morgan fingerprint density at radius 3 is 2.25 bits per heavy atom. The van der Waals surface area contributed by atoms with Crippen LogP contribution in [0, 0.1) is 12.8 Å². The molecule has 16 heavy (non-hydrogen) atoms. The summed E-state index contributed by atoms with van der Waals surface area (Å²) in [5, 5.41) is 0. The van der Waals surface area contributed by atoms with Gasteiger partial charge in [0.05, 0.1) is 0 Å². The van der Waals surface area contributed by atoms with Gasteiger partial charge in [0.1, 0.15) is 0 Å². The molecule has 1 aromatic rings. The molecule has 0 saturated carbocycles. The fourth-order valence-electron chi connectivity index (χ4n) is 1.99. The molecule has 1 aromatic carbocycles. The Hall–Kier alpha value is -1.31. The molecule has 0 fully saturated rings. The highest BCUT2D eigenvalue weighted by molar-refractivity contribution is 5.79. The van der Waals surface area contributed by atoms with Crippen molar-refractivity contribution >= 4 is 5.91 Å². The normalized spacial score (nSPS) is 14.3. The van der Waals surface area contributed by atoms with Crippen molar-refractivity contribution in [2.75, 3.05) is 14.1 Å². The molecule has 2 heteroatoms. The molecule has 1 rings (SSSR count). The number of carbonyl (C=O) groups is 1. The lowest BCUT2D eigenvalue weighted by Crippen LogP contribution is -2.31. The topological polar surface area (TPSA) is 20.3 Å². The maximum Gasteiger partial charge on any atom is 0.225 e. The maximum absolute atomic E-state index is 11.9. The van der Waals surface area contributed by atoms with Gasteiger partial charge in [-0.2, -0.15) is 0 Å². The van der Waals surface area contributed by atoms with Crippen molar-refractivity contribution in [3.63, 3.8) is 0 Å². The molecule has 0 N–H and O–H groups in total. The van der Waals surface area contributed by atoms with Crippen molar-refractivity contribution in [2.45, 2.75) is 26.7 Å². The molecule has 2 unspecified atom stereocenters. The van der Waals surface area contributed by atoms with E-state index in [9.17, 15) is 4.79 Å². The Kier molecular flexibility index (Phi) is 4.11. The maximum atomic E-state index is 11.9. The third-order valence-corrected chi connectivity index (χ3v) is 3.26. The second kappa shape index (κ2) is 5.15. The Labute approximate surface area is 98.3 Å². The van der Waals surface area contributed by atoms with E-state index in [1.807, 2.05) is 33.2 Å². The fraction of sp³-hybridized carbons (Fsp3) is 0.500. The zero-order valence-corrected chi connectivity index (χ0v) is 10.8. The highest BCUT2D eigenvalue weighted by Gasteiger charge is 2.23. The first-order valence-corrected chi connectivity index (χ1v) is 5.71. The smallest absolute Gasteiger partial charge is 0.225 e. The van der Waals surface area contributed by atoms with Crippen LogP contribution in [0.15, 0.2) is 24.3 Å². The first kappa shape index (κ1) is 12.8. The van der Waals surface area contributed by atoms with Crippen LogP contribution in [-0.4, -0.2) is 24.9 Å². The van der Waals surface area contributed by atoms with Crippen molar-refractivity contribution in [1.29, 1.82) is 0 Å². The standard InChI is InChI=1S/C14H21NO/c1-10-8-6-7-9-13(10)11(2)12(3)14(16)15(4)5/h6-9,11-12H,1-5H3. The Bertz CT molecular complexity index is 371. The van der Waals surface area contributed by atoms with Crippen LogP contribution in [0.2, 0.25) is 0 Å². The van der Waals surface area contributed by atoms with Crippen molar-refractivity contribution in [1.82, 2.24) is 4.90 Å². The van der Waals surface area contributed by atoms with E-state index in [1.165, 1.54) is 11.1 Å². The van der Waals surface area contributed by atoms with Gasteiger partial charge in [0.25, 0.3) is 0 Å². The van der Waals surface area contributed by atoms with Gasteiger partial charge in [-0.1, -0.05) is 38.1 Å². The first-order chi connectivity index (χ1) is 7.45. The molecule has 2 atom stereocenters. The number of benzene rings is 1. The summed E-state index contributed by atoms with van der Waals surface area (Å²) in [6.45, 7) is 6.21. The molecule has 0 spiro atoms. The number of hydrogen-bond acceptors (Lipinski definition) is 1. The zero-order chi connectivity index (χ0) is 12.3. The number of carbonyl (C=O) groups excluding carboxylic acids is 1. The molecular weight excluding hydrogens is 198 g/mol. The Balaban J connectivity index is 2.90. The summed E-state index contributed by atoms with van der Waals surface area (Å²) in [6, 6.07) is 8.27. The van der Waals surface area contributed by atoms with E-state index < -0.39 is 0 Å². The summed E-state index contributed by atoms with van der Waals surface area (Å²) in [5.41, 5.74) is 2.53. The Morgan fingerprint density at radius 2 is 1.75 bits per heavy atom. The molecule has 0 aliphatic carbocycles. The van der Waals surface area contributed by atoms with Gasteiger partial charge in [-0.05, 0) is 24.0 Å². The molecule has 0 heterocycles. The molecule has 0 bridgehead atoms. The minimum atomic E-state index is 0.0242. The van der Waals surface area contributed by atoms with Crippen molar-refractivity contribution in [3.05, 3.63) is 35.4 Å². The average molecular weight is 219 g/mol. The molecule has 0 saturated heterocycles. The van der Waals surface area contributed by atoms with Gasteiger partial charge in [-0.25, -0.2) is 0 Å². The highest BCUT2D eigenvalue weighted by atomic mass is 16.2. The van der Waals surface area contributed by atoms with Gasteiger partial charge >= 0.3 is 0 Å². The monoisotopic (exact) mass is 219 g/mol. The average Bonchev–Trinajstić information content (AvgIpc) is 2.26. The minimum Gasteiger partial charge on any atom is -0.349 e. The largest absolute Gasteiger partial charge is 0.349 e. The lowest BCUT2D eigenvalue weighted by atomic mass is 9.86. The van der Waals surface area contributed by atoms with Crippen LogP contribution in [0.5, 0.6) is 0 Å². The van der Waals surface area contributed by atoms with Gasteiger partial charge < -0.3 is 4.90 Å². The quantitative estimate of drug-likeness (QED) is 0.765. The van der Waals surface area contributed by atoms with E-state index in [1.54, 1.807) is 4.90 Å². The summed E-state index contributed by atoms with van der Waals surface area (Å²) in [7, 11) is 3.62. The summed E-state index contributed by atoms with van der Waals surface area (Å²) in [4.78, 5) is 13.6. The highest BCUT2D eigenvalue weighted by Crippen LogP contribution is 2.27. The van der Waals surface area contributed by atoms with Gasteiger partial charge in [-0.15, -0.1) is 0 Å². The fourth-order valence-corrected chi connectivity index (χ4v) is 1.99. The van der Waals surface area contributed by atoms with Crippen LogP contribution in [0.4, 0.5) is 0 Å². The molecule has 0 aliphatic rings. The summed E-state index contributed by atoms with van der Waals surface area (Å²) in [6.07, 6.45) is 0. The predicted octanol–water partition coefficient (Wildman–Crippen LogP) is 2.82. The van der Waals surface area contributed by atoms with Crippen LogP contribution in [-0.2, 0) is 4.79 Å². The SMILES string of the molecule is Cc1ccccc1C(C)C(C)C(=O)N(C)C. The number of amides is 1. The van der Waals surface area contributed by atoms with Crippen LogP contribution >= 0.6 is 0 Å². The zero-order valence-electron chi connectivity index (χ0n) is 10.8. The molecule has 2 nitrogen and oxygen atoms in total. The lowest BCUT2D eigenvalue weighted by Gasteiger charge is -2.24. The number of hydrogen-bond donors (Lipinski definition) is 0. The van der Waals surface area contributed by atoms with E-state index in [2.05, 4.69) is 26.0 Å². The van der Waals surface area contributed by atoms with E-state index in [4.69, 9.17) is 0 Å². The van der Waals surface area contributed by atoms with E-state index in [-0.39, 0.29) is 17.7 Å². The Morgan fingerprint density at radius 1 is 1.19 bits per heavy atom. The van der Waals surface area contributed by atoms with E-state index in [0.717, 1.165) is 0 Å². The third kappa shape index (κ3) is 2.63. The summed E-state index contributed by atoms with van der Waals surface area (Å²) in [5.74, 6) is 0.475. The van der Waals surface area contributed by atoms with Crippen LogP contribution in [0.25, 0.3) is 0 Å². The molecule has 1 amide bonds. The van der Waals surface area contributed by atoms with Crippen LogP contribution in [0.1, 0.15) is 30.9 Å². The number of nitrogens with zero attached hydrogens (tertiary/aromatic N) is 1. The predicted molar refractivity (Wildman–Crippen MR) is 67.5 cm³/mol. The minimum absolute atomic E-state index is 0.0242. The third-order valence-electron chi connectivity index (χ3n) is 3.26. The number of rotatable bonds is 3. The molecule has 88 valence electrons. The van der Waals surface area contributed by atoms with E-state index in [0.29, 0.717) is 0 Å². The van der Waals surface area contributed by atoms with Crippen molar-refractivity contribution < 1.29 is 4.79 Å². The second-order valence-electron chi connectivity index (χ2n) is 4.67. The molecule has 0 aliphatic heterocycles. The van der Waals surface area contributed by atoms with Gasteiger partial charge in [-0.3, -0.25) is 4.79 Å². The number of aryl methyl sites for hydroxylation is 1. The molecule has 0 radical (unpaired) electrons. The van der Waals surface area contributed by atoms with Crippen LogP contribution in [0.3, 0.4) is 0 Å². The summed E-state index contributed by atoms with van der Waals surface area (Å²) >= 11 is 0. The second-order valence-corrected chi connectivity index (χ2v) is 4.67. The molecular formula is C14H21NO.